The fraction of sp³-hybridized carbons (Fsp3) is 0.593. The molecule has 1 aromatic heterocycles. The average molecular weight is 1020 g/mol. The van der Waals surface area contributed by atoms with Gasteiger partial charge in [-0.15, -0.1) is 0 Å². The Morgan fingerprint density at radius 3 is 1.75 bits per heavy atom. The summed E-state index contributed by atoms with van der Waals surface area (Å²) >= 11 is 0. The molecule has 16 nitrogen and oxygen atoms in total. The number of fused-ring (bicyclic) bond motifs is 1. The largest absolute Gasteiger partial charge is 0.451 e. The van der Waals surface area contributed by atoms with Crippen LogP contribution < -0.4 is 16.0 Å². The number of rotatable bonds is 15. The highest BCUT2D eigenvalue weighted by Gasteiger charge is 2.41. The number of ether oxygens (including phenoxy) is 1. The average Bonchev–Trinajstić information content (AvgIpc) is 3.67. The van der Waals surface area contributed by atoms with Crippen molar-refractivity contribution in [3.05, 3.63) is 71.4 Å². The quantitative estimate of drug-likeness (QED) is 0.138. The minimum atomic E-state index is -4.52. The van der Waals surface area contributed by atoms with E-state index in [4.69, 9.17) is 4.74 Å². The van der Waals surface area contributed by atoms with Gasteiger partial charge < -0.3 is 40.0 Å². The molecule has 3 N–H and O–H groups in total. The smallest absolute Gasteiger partial charge is 0.416 e. The molecule has 0 aliphatic carbocycles. The number of amides is 6. The lowest BCUT2D eigenvalue weighted by molar-refractivity contribution is -0.163. The Balaban J connectivity index is 1.91. The van der Waals surface area contributed by atoms with Gasteiger partial charge in [-0.2, -0.15) is 18.4 Å². The fourth-order valence-corrected chi connectivity index (χ4v) is 9.04. The van der Waals surface area contributed by atoms with E-state index in [1.807, 2.05) is 71.2 Å². The van der Waals surface area contributed by atoms with Crippen LogP contribution in [0.3, 0.4) is 0 Å². The Hall–Kier alpha value is -6.45. The van der Waals surface area contributed by atoms with Crippen LogP contribution in [0.2, 0.25) is 0 Å². The van der Waals surface area contributed by atoms with E-state index >= 15 is 9.59 Å². The second-order valence-electron chi connectivity index (χ2n) is 20.6. The zero-order chi connectivity index (χ0) is 54.5. The second kappa shape index (κ2) is 26.5. The van der Waals surface area contributed by atoms with E-state index < -0.39 is 95.5 Å². The van der Waals surface area contributed by atoms with Gasteiger partial charge in [0.1, 0.15) is 36.3 Å². The predicted molar refractivity (Wildman–Crippen MR) is 270 cm³/mol. The maximum absolute atomic E-state index is 15.1. The molecule has 0 saturated carbocycles. The van der Waals surface area contributed by atoms with Crippen molar-refractivity contribution in [1.82, 2.24) is 35.2 Å². The van der Waals surface area contributed by atoms with E-state index in [0.29, 0.717) is 34.9 Å². The van der Waals surface area contributed by atoms with Crippen LogP contribution >= 0.6 is 0 Å². The molecule has 73 heavy (non-hydrogen) atoms. The van der Waals surface area contributed by atoms with Crippen molar-refractivity contribution >= 4 is 52.3 Å². The summed E-state index contributed by atoms with van der Waals surface area (Å²) in [6.45, 7) is 14.6. The number of halogens is 3. The molecular formula is C54H75F3N8O8. The first-order valence-corrected chi connectivity index (χ1v) is 25.3. The zero-order valence-corrected chi connectivity index (χ0v) is 44.2. The number of unbranched alkanes of at least 4 members (excludes halogenated alkanes) is 1. The van der Waals surface area contributed by atoms with Gasteiger partial charge in [-0.1, -0.05) is 91.6 Å². The number of nitriles is 1. The maximum Gasteiger partial charge on any atom is 0.416 e. The minimum Gasteiger partial charge on any atom is -0.451 e. The number of hydrogen-bond donors (Lipinski definition) is 3. The third-order valence-corrected chi connectivity index (χ3v) is 13.3. The number of cyclic esters (lactones) is 1. The maximum atomic E-state index is 15.1. The van der Waals surface area contributed by atoms with Gasteiger partial charge in [-0.05, 0) is 79.7 Å². The van der Waals surface area contributed by atoms with E-state index in [2.05, 4.69) is 16.0 Å². The lowest BCUT2D eigenvalue weighted by Crippen LogP contribution is -2.60. The molecule has 19 heteroatoms. The number of likely N-dealkylation sites (N-methyl/N-ethyl adjacent to an activating group) is 3. The van der Waals surface area contributed by atoms with Crippen molar-refractivity contribution in [3.8, 4) is 6.07 Å². The molecule has 6 amide bonds. The molecule has 2 aromatic carbocycles. The number of benzene rings is 2. The second-order valence-corrected chi connectivity index (χ2v) is 20.6. The molecule has 7 atom stereocenters. The predicted octanol–water partition coefficient (Wildman–Crippen LogP) is 6.76. The van der Waals surface area contributed by atoms with Crippen LogP contribution in [-0.2, 0) is 57.4 Å². The summed E-state index contributed by atoms with van der Waals surface area (Å²) in [5.41, 5.74) is 1.09. The highest BCUT2D eigenvalue weighted by atomic mass is 19.4. The number of alkyl halides is 3. The lowest BCUT2D eigenvalue weighted by atomic mass is 9.97. The van der Waals surface area contributed by atoms with Crippen LogP contribution in [0.1, 0.15) is 123 Å². The van der Waals surface area contributed by atoms with Crippen LogP contribution in [0, 0.1) is 29.1 Å². The van der Waals surface area contributed by atoms with Crippen molar-refractivity contribution in [2.75, 3.05) is 21.1 Å². The Kier molecular flexibility index (Phi) is 21.4. The molecule has 0 radical (unpaired) electrons. The Labute approximate surface area is 427 Å². The molecule has 1 aliphatic heterocycles. The number of aromatic nitrogens is 1. The highest BCUT2D eigenvalue weighted by molar-refractivity contribution is 5.98. The Morgan fingerprint density at radius 1 is 0.685 bits per heavy atom. The van der Waals surface area contributed by atoms with Crippen LogP contribution in [0.25, 0.3) is 10.9 Å². The first kappa shape index (κ1) is 59.1. The first-order chi connectivity index (χ1) is 34.3. The molecule has 0 unspecified atom stereocenters. The summed E-state index contributed by atoms with van der Waals surface area (Å²) in [4.78, 5) is 105. The number of carbonyl (C=O) groups is 7. The number of nitrogens with one attached hydrogen (secondary N) is 3. The molecule has 3 aromatic rings. The fourth-order valence-electron chi connectivity index (χ4n) is 9.04. The van der Waals surface area contributed by atoms with Gasteiger partial charge in [0.25, 0.3) is 5.91 Å². The van der Waals surface area contributed by atoms with Crippen LogP contribution in [0.5, 0.6) is 0 Å². The molecule has 1 fully saturated rings. The summed E-state index contributed by atoms with van der Waals surface area (Å²) < 4.78 is 48.0. The van der Waals surface area contributed by atoms with Crippen molar-refractivity contribution < 1.29 is 51.5 Å². The molecular weight excluding hydrogens is 946 g/mol. The van der Waals surface area contributed by atoms with E-state index in [1.54, 1.807) is 18.3 Å². The van der Waals surface area contributed by atoms with Crippen LogP contribution in [-0.4, -0.2) is 124 Å². The van der Waals surface area contributed by atoms with Crippen LogP contribution in [0.15, 0.2) is 54.7 Å². The van der Waals surface area contributed by atoms with Crippen molar-refractivity contribution in [2.24, 2.45) is 17.8 Å². The lowest BCUT2D eigenvalue weighted by Gasteiger charge is -2.35. The molecule has 0 spiro atoms. The summed E-state index contributed by atoms with van der Waals surface area (Å²) in [7, 11) is 4.25. The Bertz CT molecular complexity index is 2450. The van der Waals surface area contributed by atoms with E-state index in [1.165, 1.54) is 50.0 Å². The topological polar surface area (TPSA) is 203 Å². The zero-order valence-electron chi connectivity index (χ0n) is 44.2. The molecule has 4 rings (SSSR count). The number of esters is 1. The number of para-hydroxylation sites is 1. The number of carbonyl (C=O) groups excluding carboxylic acids is 7. The summed E-state index contributed by atoms with van der Waals surface area (Å²) in [6.07, 6.45) is -3.08. The standard InChI is InChI=1S/C54H75F3N8O8/c1-12-13-18-40-50(69)63(10)44(28-34(6)7)47(66)61-42(27-33(4)5)52(71)64(11)45(29-37-31-65(43-19-15-14-17-39(37)43)30-36-21-23-38(24-22-36)54(55,56)57)48(67)60-41(26-32(2)3)51(70)62(9)35(8)53(72)73-46(20-16-25-58)49(68)59-40/h14-15,17,19,21-24,31-35,40-42,44-46H,12-13,16,18,20,26-30H2,1-11H3,(H,59,68)(H,60,67)(H,61,66)/t35-,40-,41-,42-,44-,45-,46+/m0/s1. The third-order valence-electron chi connectivity index (χ3n) is 13.3. The van der Waals surface area contributed by atoms with Crippen molar-refractivity contribution in [1.29, 1.82) is 5.26 Å². The summed E-state index contributed by atoms with van der Waals surface area (Å²) in [5, 5.41) is 18.7. The Morgan fingerprint density at radius 2 is 1.21 bits per heavy atom. The van der Waals surface area contributed by atoms with Gasteiger partial charge in [-0.3, -0.25) is 28.8 Å². The SMILES string of the molecule is CCCC[C@@H]1NC(=O)[C@@H](CCC#N)OC(=O)[C@H](C)N(C)C(=O)[C@H](CC(C)C)NC(=O)[C@H](Cc2cn(Cc3ccc(C(F)(F)F)cc3)c3ccccc23)N(C)C(=O)[C@H](CC(C)C)NC(=O)[C@H](CC(C)C)N(C)C1=O. The summed E-state index contributed by atoms with van der Waals surface area (Å²) in [6, 6.07) is 6.65. The molecule has 1 aliphatic rings. The summed E-state index contributed by atoms with van der Waals surface area (Å²) in [5.74, 6) is -5.57. The van der Waals surface area contributed by atoms with Gasteiger partial charge in [0.15, 0.2) is 6.10 Å². The number of hydrogen-bond acceptors (Lipinski definition) is 9. The van der Waals surface area contributed by atoms with E-state index in [0.717, 1.165) is 17.0 Å². The van der Waals surface area contributed by atoms with E-state index in [-0.39, 0.29) is 69.2 Å². The van der Waals surface area contributed by atoms with Gasteiger partial charge >= 0.3 is 12.1 Å². The van der Waals surface area contributed by atoms with Crippen molar-refractivity contribution in [2.45, 2.75) is 168 Å². The normalized spacial score (nSPS) is 22.9. The molecule has 0 bridgehead atoms. The van der Waals surface area contributed by atoms with Gasteiger partial charge in [-0.25, -0.2) is 4.79 Å². The number of nitrogens with zero attached hydrogens (tertiary/aromatic N) is 5. The third kappa shape index (κ3) is 16.0. The highest BCUT2D eigenvalue weighted by Crippen LogP contribution is 2.30. The monoisotopic (exact) mass is 1020 g/mol. The van der Waals surface area contributed by atoms with Gasteiger partial charge in [0.2, 0.25) is 29.5 Å². The molecule has 2 heterocycles. The first-order valence-electron chi connectivity index (χ1n) is 25.3. The molecule has 1 saturated heterocycles. The van der Waals surface area contributed by atoms with Gasteiger partial charge in [0.05, 0.1) is 11.6 Å². The van der Waals surface area contributed by atoms with Crippen LogP contribution in [0.4, 0.5) is 13.2 Å². The minimum absolute atomic E-state index is 0.102. The molecule has 400 valence electrons. The van der Waals surface area contributed by atoms with Crippen molar-refractivity contribution in [3.63, 3.8) is 0 Å². The van der Waals surface area contributed by atoms with E-state index in [9.17, 15) is 42.4 Å². The van der Waals surface area contributed by atoms with Gasteiger partial charge in [0, 0.05) is 64.1 Å².